The van der Waals surface area contributed by atoms with E-state index in [1.807, 2.05) is 18.2 Å². The Hall–Kier alpha value is -2.21. The minimum absolute atomic E-state index is 0.00623. The molecule has 0 aliphatic carbocycles. The van der Waals surface area contributed by atoms with E-state index >= 15 is 0 Å². The Kier molecular flexibility index (Phi) is 4.48. The number of carbonyl (C=O) groups is 1. The van der Waals surface area contributed by atoms with Crippen LogP contribution < -0.4 is 5.32 Å². The Morgan fingerprint density at radius 1 is 1.32 bits per heavy atom. The Morgan fingerprint density at radius 2 is 2.14 bits per heavy atom. The summed E-state index contributed by atoms with van der Waals surface area (Å²) in [6.45, 7) is 1.75. The summed E-state index contributed by atoms with van der Waals surface area (Å²) in [5.74, 6) is 0.502. The summed E-state index contributed by atoms with van der Waals surface area (Å²) < 4.78 is 1.57. The summed E-state index contributed by atoms with van der Waals surface area (Å²) in [7, 11) is 1.77. The fourth-order valence-corrected chi connectivity index (χ4v) is 2.90. The molecule has 0 unspecified atom stereocenters. The van der Waals surface area contributed by atoms with E-state index < -0.39 is 0 Å². The van der Waals surface area contributed by atoms with Gasteiger partial charge in [0.05, 0.1) is 6.04 Å². The predicted molar refractivity (Wildman–Crippen MR) is 84.1 cm³/mol. The molecule has 1 aliphatic heterocycles. The summed E-state index contributed by atoms with van der Waals surface area (Å²) in [5, 5.41) is 6.86. The first-order chi connectivity index (χ1) is 10.7. The molecule has 116 valence electrons. The van der Waals surface area contributed by atoms with Gasteiger partial charge in [-0.1, -0.05) is 36.8 Å². The zero-order chi connectivity index (χ0) is 15.4. The molecule has 1 fully saturated rings. The third-order valence-corrected chi connectivity index (χ3v) is 4.09. The smallest absolute Gasteiger partial charge is 0.244 e. The topological polar surface area (TPSA) is 63.1 Å². The van der Waals surface area contributed by atoms with Crippen LogP contribution in [0.3, 0.4) is 0 Å². The largest absolute Gasteiger partial charge is 0.293 e. The number of anilines is 1. The summed E-state index contributed by atoms with van der Waals surface area (Å²) in [5.41, 5.74) is 1.24. The number of carbonyl (C=O) groups excluding carboxylic acids is 1. The molecule has 1 amide bonds. The van der Waals surface area contributed by atoms with Gasteiger partial charge in [-0.3, -0.25) is 15.0 Å². The average Bonchev–Trinajstić information content (AvgIpc) is 2.94. The van der Waals surface area contributed by atoms with Gasteiger partial charge < -0.3 is 0 Å². The normalized spacial score (nSPS) is 19.0. The second-order valence-electron chi connectivity index (χ2n) is 5.66. The molecule has 6 nitrogen and oxygen atoms in total. The Bertz CT molecular complexity index is 624. The monoisotopic (exact) mass is 299 g/mol. The van der Waals surface area contributed by atoms with Crippen molar-refractivity contribution in [2.75, 3.05) is 11.9 Å². The number of nitrogens with one attached hydrogen (secondary N) is 1. The lowest BCUT2D eigenvalue weighted by molar-refractivity contribution is -0.122. The van der Waals surface area contributed by atoms with Crippen LogP contribution in [0.2, 0.25) is 0 Å². The molecule has 6 heteroatoms. The van der Waals surface area contributed by atoms with Crippen LogP contribution in [0.15, 0.2) is 36.7 Å². The first-order valence-electron chi connectivity index (χ1n) is 7.67. The van der Waals surface area contributed by atoms with Crippen molar-refractivity contribution in [2.45, 2.75) is 31.8 Å². The predicted octanol–water partition coefficient (Wildman–Crippen LogP) is 1.81. The third kappa shape index (κ3) is 3.33. The van der Waals surface area contributed by atoms with Crippen LogP contribution in [-0.4, -0.2) is 38.2 Å². The standard InChI is InChI=1S/C16H21N5O/c1-20-16(17-12-18-20)19-15(22)14-9-5-6-10-21(14)11-13-7-3-2-4-8-13/h2-4,7-8,12,14H,5-6,9-11H2,1H3,(H,17,18,19,22)/t14-/m0/s1. The van der Waals surface area contributed by atoms with E-state index in [1.54, 1.807) is 11.7 Å². The van der Waals surface area contributed by atoms with Gasteiger partial charge in [0, 0.05) is 13.6 Å². The molecule has 3 rings (SSSR count). The lowest BCUT2D eigenvalue weighted by Crippen LogP contribution is -2.46. The van der Waals surface area contributed by atoms with E-state index in [1.165, 1.54) is 11.9 Å². The number of hydrogen-bond acceptors (Lipinski definition) is 4. The van der Waals surface area contributed by atoms with Crippen LogP contribution in [0.4, 0.5) is 5.95 Å². The molecule has 2 aromatic rings. The number of hydrogen-bond donors (Lipinski definition) is 1. The highest BCUT2D eigenvalue weighted by molar-refractivity contribution is 5.93. The van der Waals surface area contributed by atoms with Crippen molar-refractivity contribution in [1.82, 2.24) is 19.7 Å². The lowest BCUT2D eigenvalue weighted by atomic mass is 10.0. The van der Waals surface area contributed by atoms with Crippen LogP contribution in [0, 0.1) is 0 Å². The maximum atomic E-state index is 12.6. The molecule has 0 saturated carbocycles. The molecule has 1 aliphatic rings. The molecule has 2 heterocycles. The molecular formula is C16H21N5O. The highest BCUT2D eigenvalue weighted by Gasteiger charge is 2.29. The maximum Gasteiger partial charge on any atom is 0.244 e. The highest BCUT2D eigenvalue weighted by atomic mass is 16.2. The second-order valence-corrected chi connectivity index (χ2v) is 5.66. The SMILES string of the molecule is Cn1ncnc1NC(=O)[C@@H]1CCCCN1Cc1ccccc1. The summed E-state index contributed by atoms with van der Waals surface area (Å²) in [4.78, 5) is 18.9. The van der Waals surface area contributed by atoms with Crippen LogP contribution in [0.5, 0.6) is 0 Å². The number of amides is 1. The van der Waals surface area contributed by atoms with Crippen LogP contribution in [0.25, 0.3) is 0 Å². The number of benzene rings is 1. The van der Waals surface area contributed by atoms with E-state index in [-0.39, 0.29) is 11.9 Å². The van der Waals surface area contributed by atoms with Gasteiger partial charge in [-0.15, -0.1) is 0 Å². The number of rotatable bonds is 4. The maximum absolute atomic E-state index is 12.6. The van der Waals surface area contributed by atoms with Gasteiger partial charge in [0.1, 0.15) is 6.33 Å². The van der Waals surface area contributed by atoms with Crippen molar-refractivity contribution in [2.24, 2.45) is 7.05 Å². The van der Waals surface area contributed by atoms with Gasteiger partial charge >= 0.3 is 0 Å². The molecule has 0 radical (unpaired) electrons. The minimum atomic E-state index is -0.106. The highest BCUT2D eigenvalue weighted by Crippen LogP contribution is 2.20. The molecule has 1 aromatic heterocycles. The van der Waals surface area contributed by atoms with Crippen molar-refractivity contribution < 1.29 is 4.79 Å². The quantitative estimate of drug-likeness (QED) is 0.935. The lowest BCUT2D eigenvalue weighted by Gasteiger charge is -2.34. The van der Waals surface area contributed by atoms with Crippen molar-refractivity contribution in [1.29, 1.82) is 0 Å². The average molecular weight is 299 g/mol. The fourth-order valence-electron chi connectivity index (χ4n) is 2.90. The minimum Gasteiger partial charge on any atom is -0.293 e. The zero-order valence-corrected chi connectivity index (χ0v) is 12.8. The number of likely N-dealkylation sites (tertiary alicyclic amines) is 1. The molecule has 0 bridgehead atoms. The van der Waals surface area contributed by atoms with Gasteiger partial charge in [-0.05, 0) is 24.9 Å². The summed E-state index contributed by atoms with van der Waals surface area (Å²) in [6, 6.07) is 10.2. The van der Waals surface area contributed by atoms with Gasteiger partial charge in [0.2, 0.25) is 11.9 Å². The number of piperidine rings is 1. The number of nitrogens with zero attached hydrogens (tertiary/aromatic N) is 4. The first-order valence-corrected chi connectivity index (χ1v) is 7.67. The number of aryl methyl sites for hydroxylation is 1. The van der Waals surface area contributed by atoms with E-state index in [0.29, 0.717) is 5.95 Å². The van der Waals surface area contributed by atoms with E-state index in [0.717, 1.165) is 32.4 Å². The van der Waals surface area contributed by atoms with Gasteiger partial charge in [-0.2, -0.15) is 10.1 Å². The first kappa shape index (κ1) is 14.7. The van der Waals surface area contributed by atoms with E-state index in [2.05, 4.69) is 32.4 Å². The molecule has 1 N–H and O–H groups in total. The molecule has 1 atom stereocenters. The van der Waals surface area contributed by atoms with Crippen molar-refractivity contribution in [3.05, 3.63) is 42.2 Å². The molecule has 22 heavy (non-hydrogen) atoms. The summed E-state index contributed by atoms with van der Waals surface area (Å²) in [6.07, 6.45) is 4.55. The molecule has 0 spiro atoms. The van der Waals surface area contributed by atoms with Crippen molar-refractivity contribution in [3.63, 3.8) is 0 Å². The fraction of sp³-hybridized carbons (Fsp3) is 0.438. The van der Waals surface area contributed by atoms with Gasteiger partial charge in [-0.25, -0.2) is 4.68 Å². The Balaban J connectivity index is 1.69. The van der Waals surface area contributed by atoms with Crippen LogP contribution >= 0.6 is 0 Å². The zero-order valence-electron chi connectivity index (χ0n) is 12.8. The van der Waals surface area contributed by atoms with Crippen LogP contribution in [0.1, 0.15) is 24.8 Å². The van der Waals surface area contributed by atoms with Crippen molar-refractivity contribution >= 4 is 11.9 Å². The Labute approximate surface area is 130 Å². The summed E-state index contributed by atoms with van der Waals surface area (Å²) >= 11 is 0. The van der Waals surface area contributed by atoms with Crippen molar-refractivity contribution in [3.8, 4) is 0 Å². The van der Waals surface area contributed by atoms with E-state index in [4.69, 9.17) is 0 Å². The third-order valence-electron chi connectivity index (χ3n) is 4.09. The van der Waals surface area contributed by atoms with Gasteiger partial charge in [0.25, 0.3) is 0 Å². The molecular weight excluding hydrogens is 278 g/mol. The molecule has 1 aromatic carbocycles. The molecule has 1 saturated heterocycles. The van der Waals surface area contributed by atoms with Crippen LogP contribution in [-0.2, 0) is 18.4 Å². The van der Waals surface area contributed by atoms with E-state index in [9.17, 15) is 4.79 Å². The second kappa shape index (κ2) is 6.70. The number of aromatic nitrogens is 3. The Morgan fingerprint density at radius 3 is 2.86 bits per heavy atom. The van der Waals surface area contributed by atoms with Gasteiger partial charge in [0.15, 0.2) is 0 Å².